The summed E-state index contributed by atoms with van der Waals surface area (Å²) in [6.45, 7) is 5.87. The summed E-state index contributed by atoms with van der Waals surface area (Å²) in [6.07, 6.45) is 1.82. The van der Waals surface area contributed by atoms with E-state index in [1.165, 1.54) is 6.07 Å². The van der Waals surface area contributed by atoms with Gasteiger partial charge in [0.05, 0.1) is 12.3 Å². The molecule has 1 amide bonds. The molecule has 0 N–H and O–H groups in total. The fourth-order valence-corrected chi connectivity index (χ4v) is 4.06. The van der Waals surface area contributed by atoms with Crippen LogP contribution < -0.4 is 9.64 Å². The molecule has 2 aliphatic rings. The minimum Gasteiger partial charge on any atom is -0.494 e. The van der Waals surface area contributed by atoms with Crippen LogP contribution >= 0.6 is 0 Å². The van der Waals surface area contributed by atoms with E-state index in [4.69, 9.17) is 4.74 Å². The molecule has 5 nitrogen and oxygen atoms in total. The van der Waals surface area contributed by atoms with Crippen molar-refractivity contribution in [1.82, 2.24) is 9.80 Å². The van der Waals surface area contributed by atoms with Crippen LogP contribution in [0, 0.1) is 5.82 Å². The molecule has 0 spiro atoms. The van der Waals surface area contributed by atoms with E-state index in [-0.39, 0.29) is 11.7 Å². The lowest BCUT2D eigenvalue weighted by Crippen LogP contribution is -2.47. The van der Waals surface area contributed by atoms with E-state index in [1.807, 2.05) is 37.4 Å². The molecule has 0 radical (unpaired) electrons. The quantitative estimate of drug-likeness (QED) is 0.702. The lowest BCUT2D eigenvalue weighted by Gasteiger charge is -2.36. The van der Waals surface area contributed by atoms with Gasteiger partial charge in [0.1, 0.15) is 11.6 Å². The van der Waals surface area contributed by atoms with Crippen molar-refractivity contribution < 1.29 is 13.9 Å². The summed E-state index contributed by atoms with van der Waals surface area (Å²) < 4.78 is 19.8. The van der Waals surface area contributed by atoms with Crippen molar-refractivity contribution in [2.45, 2.75) is 12.8 Å². The van der Waals surface area contributed by atoms with Crippen molar-refractivity contribution in [3.05, 3.63) is 59.4 Å². The van der Waals surface area contributed by atoms with Gasteiger partial charge in [-0.05, 0) is 42.7 Å². The number of amides is 1. The minimum absolute atomic E-state index is 0.0735. The summed E-state index contributed by atoms with van der Waals surface area (Å²) in [5, 5.41) is 0. The molecular formula is C23H28FN3O2. The van der Waals surface area contributed by atoms with E-state index in [9.17, 15) is 9.18 Å². The van der Waals surface area contributed by atoms with Crippen molar-refractivity contribution in [1.29, 1.82) is 0 Å². The van der Waals surface area contributed by atoms with E-state index in [0.717, 1.165) is 69.0 Å². The topological polar surface area (TPSA) is 36.0 Å². The van der Waals surface area contributed by atoms with E-state index >= 15 is 0 Å². The minimum atomic E-state index is -0.149. The summed E-state index contributed by atoms with van der Waals surface area (Å²) in [5.74, 6) is 0.685. The van der Waals surface area contributed by atoms with Crippen molar-refractivity contribution in [3.8, 4) is 5.75 Å². The van der Waals surface area contributed by atoms with Crippen LogP contribution in [0.15, 0.2) is 42.5 Å². The Balaban J connectivity index is 1.21. The zero-order chi connectivity index (χ0) is 20.2. The Morgan fingerprint density at radius 2 is 1.83 bits per heavy atom. The van der Waals surface area contributed by atoms with Gasteiger partial charge < -0.3 is 14.5 Å². The second-order valence-electron chi connectivity index (χ2n) is 7.78. The molecule has 4 rings (SSSR count). The number of hydrogen-bond acceptors (Lipinski definition) is 4. The maximum atomic E-state index is 13.9. The van der Waals surface area contributed by atoms with Gasteiger partial charge in [-0.15, -0.1) is 0 Å². The number of hydrogen-bond donors (Lipinski definition) is 0. The van der Waals surface area contributed by atoms with E-state index in [1.54, 1.807) is 11.0 Å². The Kier molecular flexibility index (Phi) is 6.00. The number of nitrogens with zero attached hydrogens (tertiary/aromatic N) is 3. The number of benzene rings is 2. The molecule has 29 heavy (non-hydrogen) atoms. The van der Waals surface area contributed by atoms with Gasteiger partial charge in [-0.25, -0.2) is 4.39 Å². The predicted molar refractivity (Wildman–Crippen MR) is 112 cm³/mol. The van der Waals surface area contributed by atoms with E-state index in [0.29, 0.717) is 12.3 Å². The number of carbonyl (C=O) groups is 1. The highest BCUT2D eigenvalue weighted by atomic mass is 19.1. The highest BCUT2D eigenvalue weighted by Gasteiger charge is 2.22. The molecule has 6 heteroatoms. The maximum Gasteiger partial charge on any atom is 0.254 e. The smallest absolute Gasteiger partial charge is 0.254 e. The molecule has 2 aliphatic heterocycles. The molecule has 0 aromatic heterocycles. The van der Waals surface area contributed by atoms with Gasteiger partial charge in [0.25, 0.3) is 5.91 Å². The number of rotatable bonds is 6. The maximum absolute atomic E-state index is 13.9. The van der Waals surface area contributed by atoms with Crippen molar-refractivity contribution in [3.63, 3.8) is 0 Å². The van der Waals surface area contributed by atoms with Crippen LogP contribution in [0.25, 0.3) is 0 Å². The van der Waals surface area contributed by atoms with Gasteiger partial charge in [-0.1, -0.05) is 18.2 Å². The van der Waals surface area contributed by atoms with Crippen LogP contribution in [0.2, 0.25) is 0 Å². The predicted octanol–water partition coefficient (Wildman–Crippen LogP) is 3.04. The number of halogens is 1. The lowest BCUT2D eigenvalue weighted by molar-refractivity contribution is 0.0780. The van der Waals surface area contributed by atoms with Crippen LogP contribution in [-0.4, -0.2) is 68.6 Å². The van der Waals surface area contributed by atoms with Crippen molar-refractivity contribution in [2.24, 2.45) is 0 Å². The molecule has 0 atom stereocenters. The fourth-order valence-electron chi connectivity index (χ4n) is 4.06. The van der Waals surface area contributed by atoms with Gasteiger partial charge in [0.2, 0.25) is 0 Å². The highest BCUT2D eigenvalue weighted by molar-refractivity contribution is 5.97. The molecule has 2 heterocycles. The number of anilines is 1. The summed E-state index contributed by atoms with van der Waals surface area (Å²) in [7, 11) is 1.84. The third-order valence-corrected chi connectivity index (χ3v) is 5.83. The van der Waals surface area contributed by atoms with E-state index < -0.39 is 0 Å². The van der Waals surface area contributed by atoms with Gasteiger partial charge in [0, 0.05) is 51.9 Å². The first-order valence-electron chi connectivity index (χ1n) is 10.3. The molecule has 154 valence electrons. The van der Waals surface area contributed by atoms with Gasteiger partial charge in [-0.2, -0.15) is 0 Å². The summed E-state index contributed by atoms with van der Waals surface area (Å²) in [4.78, 5) is 18.6. The second-order valence-corrected chi connectivity index (χ2v) is 7.78. The fraction of sp³-hybridized carbons (Fsp3) is 0.435. The Morgan fingerprint density at radius 3 is 2.62 bits per heavy atom. The molecule has 2 aromatic carbocycles. The Labute approximate surface area is 171 Å². The van der Waals surface area contributed by atoms with Crippen LogP contribution in [0.3, 0.4) is 0 Å². The molecule has 0 bridgehead atoms. The first-order chi connectivity index (χ1) is 14.1. The van der Waals surface area contributed by atoms with Gasteiger partial charge >= 0.3 is 0 Å². The average Bonchev–Trinajstić information content (AvgIpc) is 2.75. The highest BCUT2D eigenvalue weighted by Crippen LogP contribution is 2.24. The third kappa shape index (κ3) is 4.53. The standard InChI is InChI=1S/C23H28FN3O2/c1-25-11-9-18-7-8-19(17-20(18)23(25)28)29-16-4-10-26-12-14-27(15-13-26)22-6-3-2-5-21(22)24/h2-3,5-8,17H,4,9-16H2,1H3. The van der Waals surface area contributed by atoms with Crippen molar-refractivity contribution in [2.75, 3.05) is 57.8 Å². The van der Waals surface area contributed by atoms with Crippen LogP contribution in [0.1, 0.15) is 22.3 Å². The van der Waals surface area contributed by atoms with E-state index in [2.05, 4.69) is 9.80 Å². The summed E-state index contributed by atoms with van der Waals surface area (Å²) >= 11 is 0. The second kappa shape index (κ2) is 8.82. The van der Waals surface area contributed by atoms with Crippen molar-refractivity contribution >= 4 is 11.6 Å². The number of likely N-dealkylation sites (N-methyl/N-ethyl adjacent to an activating group) is 1. The Morgan fingerprint density at radius 1 is 1.03 bits per heavy atom. The van der Waals surface area contributed by atoms with Crippen LogP contribution in [-0.2, 0) is 6.42 Å². The molecule has 2 aromatic rings. The van der Waals surface area contributed by atoms with Crippen LogP contribution in [0.4, 0.5) is 10.1 Å². The average molecular weight is 397 g/mol. The zero-order valence-electron chi connectivity index (χ0n) is 16.9. The van der Waals surface area contributed by atoms with Gasteiger partial charge in [-0.3, -0.25) is 9.69 Å². The Bertz CT molecular complexity index is 865. The first kappa shape index (κ1) is 19.7. The largest absolute Gasteiger partial charge is 0.494 e. The number of piperazine rings is 1. The number of carbonyl (C=O) groups excluding carboxylic acids is 1. The normalized spacial score (nSPS) is 17.4. The molecular weight excluding hydrogens is 369 g/mol. The lowest BCUT2D eigenvalue weighted by atomic mass is 9.99. The summed E-state index contributed by atoms with van der Waals surface area (Å²) in [6, 6.07) is 12.8. The molecule has 0 aliphatic carbocycles. The molecule has 0 unspecified atom stereocenters. The number of ether oxygens (including phenoxy) is 1. The molecule has 1 saturated heterocycles. The zero-order valence-corrected chi connectivity index (χ0v) is 16.9. The Hall–Kier alpha value is -2.60. The third-order valence-electron chi connectivity index (χ3n) is 5.83. The van der Waals surface area contributed by atoms with Crippen LogP contribution in [0.5, 0.6) is 5.75 Å². The SMILES string of the molecule is CN1CCc2ccc(OCCCN3CCN(c4ccccc4F)CC3)cc2C1=O. The summed E-state index contributed by atoms with van der Waals surface area (Å²) in [5.41, 5.74) is 2.57. The van der Waals surface area contributed by atoms with Gasteiger partial charge in [0.15, 0.2) is 0 Å². The monoisotopic (exact) mass is 397 g/mol. The number of fused-ring (bicyclic) bond motifs is 1. The molecule has 0 saturated carbocycles. The number of para-hydroxylation sites is 1. The first-order valence-corrected chi connectivity index (χ1v) is 10.3. The molecule has 1 fully saturated rings.